The van der Waals surface area contributed by atoms with E-state index in [9.17, 15) is 0 Å². The van der Waals surface area contributed by atoms with Crippen LogP contribution in [0.15, 0.2) is 59.1 Å². The molecule has 130 valence electrons. The van der Waals surface area contributed by atoms with E-state index in [1.165, 1.54) is 0 Å². The zero-order valence-corrected chi connectivity index (χ0v) is 16.1. The highest BCUT2D eigenvalue weighted by molar-refractivity contribution is 9.10. The van der Waals surface area contributed by atoms with Crippen LogP contribution in [0.4, 0.5) is 0 Å². The quantitative estimate of drug-likeness (QED) is 0.509. The second-order valence-corrected chi connectivity index (χ2v) is 6.64. The van der Waals surface area contributed by atoms with Crippen LogP contribution in [-0.4, -0.2) is 23.0 Å². The van der Waals surface area contributed by atoms with Crippen molar-refractivity contribution in [2.75, 3.05) is 13.2 Å². The first-order valence-corrected chi connectivity index (χ1v) is 9.18. The predicted molar refractivity (Wildman–Crippen MR) is 103 cm³/mol. The van der Waals surface area contributed by atoms with E-state index in [0.717, 1.165) is 21.6 Å². The third kappa shape index (κ3) is 4.55. The molecule has 0 aliphatic rings. The standard InChI is InChI=1S/C19H18BrClN2O2/c1-2-24-19-13-17(14-6-4-3-5-7-14)22-23(19)10-11-25-18-9-8-15(20)12-16(18)21/h3-9,12-13H,2,10-11H2,1H3. The van der Waals surface area contributed by atoms with Gasteiger partial charge < -0.3 is 9.47 Å². The van der Waals surface area contributed by atoms with Gasteiger partial charge in [0.05, 0.1) is 23.9 Å². The molecule has 4 nitrogen and oxygen atoms in total. The Hall–Kier alpha value is -1.98. The van der Waals surface area contributed by atoms with Gasteiger partial charge in [-0.15, -0.1) is 0 Å². The Morgan fingerprint density at radius 2 is 1.88 bits per heavy atom. The average Bonchev–Trinajstić information content (AvgIpc) is 3.01. The zero-order valence-electron chi connectivity index (χ0n) is 13.8. The van der Waals surface area contributed by atoms with Crippen LogP contribution in [0.2, 0.25) is 5.02 Å². The summed E-state index contributed by atoms with van der Waals surface area (Å²) in [5.41, 5.74) is 1.93. The molecule has 0 saturated carbocycles. The molecule has 3 aromatic rings. The van der Waals surface area contributed by atoms with Gasteiger partial charge >= 0.3 is 0 Å². The van der Waals surface area contributed by atoms with E-state index in [1.807, 2.05) is 66.2 Å². The summed E-state index contributed by atoms with van der Waals surface area (Å²) in [7, 11) is 0. The summed E-state index contributed by atoms with van der Waals surface area (Å²) in [6.07, 6.45) is 0. The van der Waals surface area contributed by atoms with Crippen LogP contribution in [0.25, 0.3) is 11.3 Å². The fourth-order valence-electron chi connectivity index (χ4n) is 2.41. The molecule has 0 bridgehead atoms. The summed E-state index contributed by atoms with van der Waals surface area (Å²) in [5.74, 6) is 1.38. The molecule has 0 unspecified atom stereocenters. The maximum Gasteiger partial charge on any atom is 0.212 e. The lowest BCUT2D eigenvalue weighted by Crippen LogP contribution is -2.11. The molecule has 0 spiro atoms. The number of rotatable bonds is 7. The van der Waals surface area contributed by atoms with Crippen molar-refractivity contribution < 1.29 is 9.47 Å². The maximum atomic E-state index is 6.17. The SMILES string of the molecule is CCOc1cc(-c2ccccc2)nn1CCOc1ccc(Br)cc1Cl. The molecule has 25 heavy (non-hydrogen) atoms. The van der Waals surface area contributed by atoms with Crippen molar-refractivity contribution in [1.82, 2.24) is 9.78 Å². The summed E-state index contributed by atoms with van der Waals surface area (Å²) >= 11 is 9.56. The fourth-order valence-corrected chi connectivity index (χ4v) is 3.14. The van der Waals surface area contributed by atoms with Gasteiger partial charge in [0.25, 0.3) is 0 Å². The van der Waals surface area contributed by atoms with E-state index in [-0.39, 0.29) is 0 Å². The molecule has 0 amide bonds. The van der Waals surface area contributed by atoms with Crippen LogP contribution < -0.4 is 9.47 Å². The van der Waals surface area contributed by atoms with Crippen LogP contribution in [0.3, 0.4) is 0 Å². The van der Waals surface area contributed by atoms with Gasteiger partial charge in [0.2, 0.25) is 5.88 Å². The summed E-state index contributed by atoms with van der Waals surface area (Å²) in [6, 6.07) is 17.5. The van der Waals surface area contributed by atoms with E-state index in [2.05, 4.69) is 21.0 Å². The van der Waals surface area contributed by atoms with Gasteiger partial charge in [-0.25, -0.2) is 4.68 Å². The molecular weight excluding hydrogens is 404 g/mol. The van der Waals surface area contributed by atoms with Crippen LogP contribution in [-0.2, 0) is 6.54 Å². The third-order valence-corrected chi connectivity index (χ3v) is 4.35. The molecule has 1 heterocycles. The molecule has 1 aromatic heterocycles. The minimum absolute atomic E-state index is 0.442. The minimum atomic E-state index is 0.442. The second-order valence-electron chi connectivity index (χ2n) is 5.31. The van der Waals surface area contributed by atoms with Crippen LogP contribution in [0.5, 0.6) is 11.6 Å². The van der Waals surface area contributed by atoms with E-state index >= 15 is 0 Å². The molecular formula is C19H18BrClN2O2. The van der Waals surface area contributed by atoms with Gasteiger partial charge in [-0.05, 0) is 25.1 Å². The number of hydrogen-bond acceptors (Lipinski definition) is 3. The van der Waals surface area contributed by atoms with Crippen molar-refractivity contribution in [3.05, 3.63) is 64.1 Å². The normalized spacial score (nSPS) is 10.7. The van der Waals surface area contributed by atoms with Gasteiger partial charge in [0.1, 0.15) is 12.4 Å². The molecule has 3 rings (SSSR count). The Kier molecular flexibility index (Phi) is 6.00. The van der Waals surface area contributed by atoms with Crippen molar-refractivity contribution >= 4 is 27.5 Å². The Morgan fingerprint density at radius 1 is 1.08 bits per heavy atom. The van der Waals surface area contributed by atoms with Crippen molar-refractivity contribution in [3.63, 3.8) is 0 Å². The molecule has 0 atom stereocenters. The lowest BCUT2D eigenvalue weighted by molar-refractivity contribution is 0.260. The molecule has 0 fully saturated rings. The molecule has 0 aliphatic heterocycles. The number of halogens is 2. The van der Waals surface area contributed by atoms with E-state index < -0.39 is 0 Å². The predicted octanol–water partition coefficient (Wildman–Crippen LogP) is 5.44. The minimum Gasteiger partial charge on any atom is -0.490 e. The first-order valence-electron chi connectivity index (χ1n) is 8.01. The molecule has 0 saturated heterocycles. The molecule has 0 aliphatic carbocycles. The van der Waals surface area contributed by atoms with E-state index in [1.54, 1.807) is 0 Å². The molecule has 6 heteroatoms. The largest absolute Gasteiger partial charge is 0.490 e. The Morgan fingerprint density at radius 3 is 2.60 bits per heavy atom. The third-order valence-electron chi connectivity index (χ3n) is 3.56. The smallest absolute Gasteiger partial charge is 0.212 e. The number of hydrogen-bond donors (Lipinski definition) is 0. The van der Waals surface area contributed by atoms with Crippen molar-refractivity contribution in [2.45, 2.75) is 13.5 Å². The highest BCUT2D eigenvalue weighted by Gasteiger charge is 2.11. The lowest BCUT2D eigenvalue weighted by atomic mass is 10.2. The van der Waals surface area contributed by atoms with Crippen molar-refractivity contribution in [2.24, 2.45) is 0 Å². The van der Waals surface area contributed by atoms with Gasteiger partial charge in [-0.3, -0.25) is 0 Å². The highest BCUT2D eigenvalue weighted by atomic mass is 79.9. The van der Waals surface area contributed by atoms with E-state index in [4.69, 9.17) is 21.1 Å². The van der Waals surface area contributed by atoms with Gasteiger partial charge in [0.15, 0.2) is 0 Å². The Balaban J connectivity index is 1.71. The number of aromatic nitrogens is 2. The number of benzene rings is 2. The molecule has 0 N–H and O–H groups in total. The van der Waals surface area contributed by atoms with Crippen molar-refractivity contribution in [3.8, 4) is 22.9 Å². The summed E-state index contributed by atoms with van der Waals surface area (Å²) in [4.78, 5) is 0. The summed E-state index contributed by atoms with van der Waals surface area (Å²) < 4.78 is 14.2. The summed E-state index contributed by atoms with van der Waals surface area (Å²) in [6.45, 7) is 3.54. The molecule has 0 radical (unpaired) electrons. The molecule has 2 aromatic carbocycles. The first-order chi connectivity index (χ1) is 12.2. The van der Waals surface area contributed by atoms with Gasteiger partial charge in [0, 0.05) is 16.1 Å². The van der Waals surface area contributed by atoms with Crippen LogP contribution >= 0.6 is 27.5 Å². The number of nitrogens with zero attached hydrogens (tertiary/aromatic N) is 2. The van der Waals surface area contributed by atoms with Gasteiger partial charge in [-0.2, -0.15) is 5.10 Å². The van der Waals surface area contributed by atoms with Crippen LogP contribution in [0.1, 0.15) is 6.92 Å². The monoisotopic (exact) mass is 420 g/mol. The zero-order chi connectivity index (χ0) is 17.6. The average molecular weight is 422 g/mol. The first kappa shape index (κ1) is 17.8. The topological polar surface area (TPSA) is 36.3 Å². The highest BCUT2D eigenvalue weighted by Crippen LogP contribution is 2.28. The fraction of sp³-hybridized carbons (Fsp3) is 0.211. The van der Waals surface area contributed by atoms with Crippen LogP contribution in [0, 0.1) is 0 Å². The number of ether oxygens (including phenoxy) is 2. The lowest BCUT2D eigenvalue weighted by Gasteiger charge is -2.10. The second kappa shape index (κ2) is 8.41. The summed E-state index contributed by atoms with van der Waals surface area (Å²) in [5, 5.41) is 5.21. The maximum absolute atomic E-state index is 6.17. The van der Waals surface area contributed by atoms with Crippen molar-refractivity contribution in [1.29, 1.82) is 0 Å². The Labute approximate surface area is 160 Å². The Bertz CT molecular complexity index is 837. The van der Waals surface area contributed by atoms with E-state index in [0.29, 0.717) is 30.5 Å². The van der Waals surface area contributed by atoms with Gasteiger partial charge in [-0.1, -0.05) is 57.9 Å².